The first kappa shape index (κ1) is 13.3. The third kappa shape index (κ3) is 2.38. The summed E-state index contributed by atoms with van der Waals surface area (Å²) in [5.41, 5.74) is 0.486. The Morgan fingerprint density at radius 1 is 1.24 bits per heavy atom. The van der Waals surface area contributed by atoms with Crippen LogP contribution in [0, 0.1) is 12.7 Å². The molecule has 9 heteroatoms. The van der Waals surface area contributed by atoms with E-state index in [9.17, 15) is 14.3 Å². The molecule has 21 heavy (non-hydrogen) atoms. The van der Waals surface area contributed by atoms with Crippen molar-refractivity contribution in [3.05, 3.63) is 40.8 Å². The van der Waals surface area contributed by atoms with Crippen LogP contribution in [0.3, 0.4) is 0 Å². The van der Waals surface area contributed by atoms with Crippen LogP contribution in [0.25, 0.3) is 16.4 Å². The maximum Gasteiger partial charge on any atom is 0.358 e. The Hall–Kier alpha value is -2.68. The van der Waals surface area contributed by atoms with Gasteiger partial charge in [0.25, 0.3) is 0 Å². The minimum Gasteiger partial charge on any atom is -0.476 e. The topological polar surface area (TPSA) is 93.8 Å². The number of benzene rings is 1. The van der Waals surface area contributed by atoms with E-state index in [-0.39, 0.29) is 11.4 Å². The van der Waals surface area contributed by atoms with Crippen LogP contribution in [0.1, 0.15) is 15.5 Å². The molecule has 1 aromatic carbocycles. The Bertz CT molecular complexity index is 811. The summed E-state index contributed by atoms with van der Waals surface area (Å²) in [7, 11) is 0. The highest BCUT2D eigenvalue weighted by atomic mass is 32.1. The van der Waals surface area contributed by atoms with Gasteiger partial charge in [0.2, 0.25) is 5.13 Å². The highest BCUT2D eigenvalue weighted by molar-refractivity contribution is 7.13. The number of nitrogens with zero attached hydrogens (tertiary/aromatic N) is 5. The Morgan fingerprint density at radius 2 is 1.95 bits per heavy atom. The van der Waals surface area contributed by atoms with Crippen molar-refractivity contribution in [2.24, 2.45) is 0 Å². The molecule has 0 saturated carbocycles. The normalized spacial score (nSPS) is 10.8. The highest BCUT2D eigenvalue weighted by Crippen LogP contribution is 2.26. The van der Waals surface area contributed by atoms with Crippen molar-refractivity contribution in [3.8, 4) is 16.4 Å². The van der Waals surface area contributed by atoms with E-state index < -0.39 is 11.8 Å². The summed E-state index contributed by atoms with van der Waals surface area (Å²) in [5, 5.41) is 25.6. The molecule has 106 valence electrons. The number of aromatic nitrogens is 5. The number of aryl methyl sites for hydroxylation is 1. The largest absolute Gasteiger partial charge is 0.476 e. The van der Waals surface area contributed by atoms with Gasteiger partial charge in [-0.2, -0.15) is 4.68 Å². The number of halogens is 1. The third-order valence-corrected chi connectivity index (χ3v) is 3.50. The standard InChI is InChI=1S/C12H8FN5O2S/c1-6-14-16-12(21-6)18-10(9(11(19)20)15-17-18)7-2-4-8(13)5-3-7/h2-5H,1H3,(H,19,20). The molecule has 3 rings (SSSR count). The van der Waals surface area contributed by atoms with Crippen LogP contribution in [0.4, 0.5) is 4.39 Å². The number of rotatable bonds is 3. The first-order chi connectivity index (χ1) is 10.1. The zero-order valence-electron chi connectivity index (χ0n) is 10.7. The lowest BCUT2D eigenvalue weighted by atomic mass is 10.1. The molecule has 0 fully saturated rings. The third-order valence-electron chi connectivity index (χ3n) is 2.69. The zero-order chi connectivity index (χ0) is 15.0. The number of carboxylic acid groups (broad SMARTS) is 1. The lowest BCUT2D eigenvalue weighted by Gasteiger charge is -2.03. The molecular weight excluding hydrogens is 297 g/mol. The molecule has 2 aromatic heterocycles. The van der Waals surface area contributed by atoms with E-state index in [0.29, 0.717) is 15.7 Å². The molecule has 1 N–H and O–H groups in total. The molecule has 2 heterocycles. The van der Waals surface area contributed by atoms with E-state index in [2.05, 4.69) is 20.5 Å². The first-order valence-corrected chi connectivity index (χ1v) is 6.63. The van der Waals surface area contributed by atoms with Gasteiger partial charge in [-0.15, -0.1) is 15.3 Å². The summed E-state index contributed by atoms with van der Waals surface area (Å²) in [6, 6.07) is 5.41. The lowest BCUT2D eigenvalue weighted by molar-refractivity contribution is 0.0691. The second-order valence-corrected chi connectivity index (χ2v) is 5.27. The monoisotopic (exact) mass is 305 g/mol. The van der Waals surface area contributed by atoms with E-state index in [4.69, 9.17) is 0 Å². The number of hydrogen-bond donors (Lipinski definition) is 1. The van der Waals surface area contributed by atoms with Crippen LogP contribution in [0.5, 0.6) is 0 Å². The summed E-state index contributed by atoms with van der Waals surface area (Å²) in [5.74, 6) is -1.64. The fourth-order valence-electron chi connectivity index (χ4n) is 1.80. The summed E-state index contributed by atoms with van der Waals surface area (Å²) in [6.45, 7) is 1.77. The Kier molecular flexibility index (Phi) is 3.18. The van der Waals surface area contributed by atoms with E-state index in [1.54, 1.807) is 6.92 Å². The average Bonchev–Trinajstić information content (AvgIpc) is 3.05. The summed E-state index contributed by atoms with van der Waals surface area (Å²) < 4.78 is 14.3. The van der Waals surface area contributed by atoms with Gasteiger partial charge in [0.1, 0.15) is 16.5 Å². The molecule has 0 spiro atoms. The van der Waals surface area contributed by atoms with Gasteiger partial charge in [0, 0.05) is 5.56 Å². The lowest BCUT2D eigenvalue weighted by Crippen LogP contribution is -2.03. The van der Waals surface area contributed by atoms with Crippen LogP contribution in [0.2, 0.25) is 0 Å². The molecule has 0 aliphatic heterocycles. The fraction of sp³-hybridized carbons (Fsp3) is 0.0833. The molecule has 0 bridgehead atoms. The maximum atomic E-state index is 13.0. The van der Waals surface area contributed by atoms with Crippen LogP contribution >= 0.6 is 11.3 Å². The average molecular weight is 305 g/mol. The van der Waals surface area contributed by atoms with Crippen molar-refractivity contribution >= 4 is 17.3 Å². The highest BCUT2D eigenvalue weighted by Gasteiger charge is 2.23. The molecule has 0 aliphatic carbocycles. The Balaban J connectivity index is 2.22. The van der Waals surface area contributed by atoms with Gasteiger partial charge in [0.15, 0.2) is 5.69 Å². The van der Waals surface area contributed by atoms with Crippen molar-refractivity contribution in [1.82, 2.24) is 25.2 Å². The van der Waals surface area contributed by atoms with Gasteiger partial charge in [-0.05, 0) is 31.2 Å². The summed E-state index contributed by atoms with van der Waals surface area (Å²) >= 11 is 1.25. The van der Waals surface area contributed by atoms with E-state index in [1.807, 2.05) is 0 Å². The Labute approximate surface area is 121 Å². The van der Waals surface area contributed by atoms with Gasteiger partial charge in [-0.25, -0.2) is 9.18 Å². The van der Waals surface area contributed by atoms with E-state index in [0.717, 1.165) is 0 Å². The molecule has 7 nitrogen and oxygen atoms in total. The van der Waals surface area contributed by atoms with E-state index >= 15 is 0 Å². The smallest absolute Gasteiger partial charge is 0.358 e. The van der Waals surface area contributed by atoms with Crippen molar-refractivity contribution in [2.75, 3.05) is 0 Å². The second-order valence-electron chi connectivity index (χ2n) is 4.11. The van der Waals surface area contributed by atoms with Crippen LogP contribution in [-0.2, 0) is 0 Å². The van der Waals surface area contributed by atoms with Crippen molar-refractivity contribution < 1.29 is 14.3 Å². The van der Waals surface area contributed by atoms with Gasteiger partial charge in [-0.1, -0.05) is 16.6 Å². The van der Waals surface area contributed by atoms with Crippen LogP contribution < -0.4 is 0 Å². The summed E-state index contributed by atoms with van der Waals surface area (Å²) in [6.07, 6.45) is 0. The molecule has 0 radical (unpaired) electrons. The van der Waals surface area contributed by atoms with Gasteiger partial charge >= 0.3 is 5.97 Å². The van der Waals surface area contributed by atoms with E-state index in [1.165, 1.54) is 40.3 Å². The predicted octanol–water partition coefficient (Wildman–Crippen LogP) is 1.93. The molecule has 3 aromatic rings. The molecule has 0 amide bonds. The minimum absolute atomic E-state index is 0.227. The molecule has 0 aliphatic rings. The van der Waals surface area contributed by atoms with Crippen LogP contribution in [0.15, 0.2) is 24.3 Å². The SMILES string of the molecule is Cc1nnc(-n2nnc(C(=O)O)c2-c2ccc(F)cc2)s1. The number of hydrogen-bond acceptors (Lipinski definition) is 6. The number of carboxylic acids is 1. The van der Waals surface area contributed by atoms with Crippen molar-refractivity contribution in [3.63, 3.8) is 0 Å². The quantitative estimate of drug-likeness (QED) is 0.794. The van der Waals surface area contributed by atoms with Gasteiger partial charge in [-0.3, -0.25) is 0 Å². The zero-order valence-corrected chi connectivity index (χ0v) is 11.5. The van der Waals surface area contributed by atoms with Gasteiger partial charge in [0.05, 0.1) is 0 Å². The molecule has 0 atom stereocenters. The predicted molar refractivity (Wildman–Crippen MR) is 71.9 cm³/mol. The maximum absolute atomic E-state index is 13.0. The molecular formula is C12H8FN5O2S. The Morgan fingerprint density at radius 3 is 2.52 bits per heavy atom. The summed E-state index contributed by atoms with van der Waals surface area (Å²) in [4.78, 5) is 11.3. The van der Waals surface area contributed by atoms with Crippen molar-refractivity contribution in [2.45, 2.75) is 6.92 Å². The molecule has 0 unspecified atom stereocenters. The second kappa shape index (κ2) is 5.02. The minimum atomic E-state index is -1.22. The van der Waals surface area contributed by atoms with Gasteiger partial charge < -0.3 is 5.11 Å². The fourth-order valence-corrected chi connectivity index (χ4v) is 2.44. The molecule has 0 saturated heterocycles. The van der Waals surface area contributed by atoms with Crippen LogP contribution in [-0.4, -0.2) is 36.3 Å². The number of aromatic carboxylic acids is 1. The first-order valence-electron chi connectivity index (χ1n) is 5.81. The van der Waals surface area contributed by atoms with Crippen molar-refractivity contribution in [1.29, 1.82) is 0 Å². The number of carbonyl (C=O) groups is 1.